The Labute approximate surface area is 447 Å². The van der Waals surface area contributed by atoms with Gasteiger partial charge in [-0.15, -0.1) is 0 Å². The minimum atomic E-state index is -1.61. The predicted molar refractivity (Wildman–Crippen MR) is 302 cm³/mol. The maximum Gasteiger partial charge on any atom is 0.306 e. The molecular formula is C63H123NO8. The van der Waals surface area contributed by atoms with E-state index in [0.29, 0.717) is 17.4 Å². The maximum absolute atomic E-state index is 12.9. The first-order valence-corrected chi connectivity index (χ1v) is 31.7. The van der Waals surface area contributed by atoms with Gasteiger partial charge >= 0.3 is 11.9 Å². The third-order valence-corrected chi connectivity index (χ3v) is 14.6. The molecule has 0 bridgehead atoms. The number of carbonyl (C=O) groups is 3. The Morgan fingerprint density at radius 3 is 0.889 bits per heavy atom. The first-order chi connectivity index (χ1) is 35.1. The second-order valence-corrected chi connectivity index (χ2v) is 23.1. The normalized spacial score (nSPS) is 12.6. The molecule has 0 heterocycles. The third-order valence-electron chi connectivity index (χ3n) is 14.6. The largest absolute Gasteiger partial charge is 0.545 e. The molecule has 428 valence electrons. The minimum Gasteiger partial charge on any atom is -0.545 e. The maximum atomic E-state index is 12.9. The standard InChI is InChI=1S/C63H123NO8/c1-6-8-10-12-14-16-18-20-22-23-24-25-26-27-28-29-30-31-32-33-34-35-36-37-38-40-42-44-46-48-50-52-54-61(66)72-59(58-71-63(62(67)68)69-56-55-64(3,4)5)57-70-60(65)53-51-49-47-45-43-41-39-21-19-17-15-13-11-9-7-2/h59,63H,6-58H2,1-5H3. The minimum absolute atomic E-state index is 0.153. The number of unbranched alkanes of at least 4 members (excludes halogenated alkanes) is 45. The van der Waals surface area contributed by atoms with E-state index in [4.69, 9.17) is 18.9 Å². The summed E-state index contributed by atoms with van der Waals surface area (Å²) in [6.45, 7) is 4.82. The molecule has 0 radical (unpaired) electrons. The summed E-state index contributed by atoms with van der Waals surface area (Å²) in [5.74, 6) is -2.25. The van der Waals surface area contributed by atoms with E-state index in [2.05, 4.69) is 13.8 Å². The zero-order valence-corrected chi connectivity index (χ0v) is 48.8. The summed E-state index contributed by atoms with van der Waals surface area (Å²) < 4.78 is 22.7. The first kappa shape index (κ1) is 70.3. The molecule has 72 heavy (non-hydrogen) atoms. The van der Waals surface area contributed by atoms with Gasteiger partial charge in [0.25, 0.3) is 0 Å². The Bertz CT molecular complexity index is 1140. The SMILES string of the molecule is CCCCCCCCCCCCCCCCCCCCCCCCCCCCCCCCCCC(=O)OC(COC(=O)CCCCCCCCCCCCCCCCC)COC(OCC[N+](C)(C)C)C(=O)[O-]. The Morgan fingerprint density at radius 2 is 0.625 bits per heavy atom. The lowest BCUT2D eigenvalue weighted by Crippen LogP contribution is -2.44. The van der Waals surface area contributed by atoms with Crippen molar-refractivity contribution in [2.24, 2.45) is 0 Å². The molecule has 0 aliphatic carbocycles. The van der Waals surface area contributed by atoms with Gasteiger partial charge in [-0.3, -0.25) is 9.59 Å². The number of ether oxygens (including phenoxy) is 4. The second-order valence-electron chi connectivity index (χ2n) is 23.1. The van der Waals surface area contributed by atoms with E-state index in [0.717, 1.165) is 38.5 Å². The highest BCUT2D eigenvalue weighted by Gasteiger charge is 2.22. The van der Waals surface area contributed by atoms with Gasteiger partial charge in [-0.25, -0.2) is 0 Å². The summed E-state index contributed by atoms with van der Waals surface area (Å²) in [6.07, 6.45) is 60.4. The molecule has 0 saturated carbocycles. The van der Waals surface area contributed by atoms with Gasteiger partial charge in [-0.1, -0.05) is 303 Å². The molecule has 9 heteroatoms. The van der Waals surface area contributed by atoms with Crippen LogP contribution in [0.1, 0.15) is 328 Å². The van der Waals surface area contributed by atoms with Gasteiger partial charge in [0.2, 0.25) is 0 Å². The average molecular weight is 1020 g/mol. The summed E-state index contributed by atoms with van der Waals surface area (Å²) >= 11 is 0. The lowest BCUT2D eigenvalue weighted by molar-refractivity contribution is -0.870. The molecule has 9 nitrogen and oxygen atoms in total. The summed E-state index contributed by atoms with van der Waals surface area (Å²) in [6, 6.07) is 0. The molecule has 0 aliphatic rings. The van der Waals surface area contributed by atoms with Gasteiger partial charge in [0.05, 0.1) is 40.3 Å². The third kappa shape index (κ3) is 56.0. The highest BCUT2D eigenvalue weighted by atomic mass is 16.7. The van der Waals surface area contributed by atoms with E-state index in [1.807, 2.05) is 21.1 Å². The van der Waals surface area contributed by atoms with Crippen LogP contribution in [-0.4, -0.2) is 82.3 Å². The summed E-state index contributed by atoms with van der Waals surface area (Å²) in [4.78, 5) is 37.3. The topological polar surface area (TPSA) is 111 Å². The molecule has 0 N–H and O–H groups in total. The second kappa shape index (κ2) is 55.5. The van der Waals surface area contributed by atoms with Crippen molar-refractivity contribution in [3.05, 3.63) is 0 Å². The van der Waals surface area contributed by atoms with Crippen LogP contribution in [-0.2, 0) is 33.3 Å². The zero-order chi connectivity index (χ0) is 52.7. The highest BCUT2D eigenvalue weighted by Crippen LogP contribution is 2.19. The number of hydrogen-bond donors (Lipinski definition) is 0. The van der Waals surface area contributed by atoms with Crippen molar-refractivity contribution in [2.75, 3.05) is 47.5 Å². The van der Waals surface area contributed by atoms with E-state index in [9.17, 15) is 19.5 Å². The number of rotatable bonds is 60. The first-order valence-electron chi connectivity index (χ1n) is 31.7. The van der Waals surface area contributed by atoms with Gasteiger partial charge in [-0.2, -0.15) is 0 Å². The van der Waals surface area contributed by atoms with Crippen LogP contribution >= 0.6 is 0 Å². The van der Waals surface area contributed by atoms with E-state index in [1.54, 1.807) is 0 Å². The molecule has 0 aliphatic heterocycles. The number of likely N-dealkylation sites (N-methyl/N-ethyl adjacent to an activating group) is 1. The predicted octanol–water partition coefficient (Wildman–Crippen LogP) is 17.4. The van der Waals surface area contributed by atoms with Crippen LogP contribution in [0.25, 0.3) is 0 Å². The highest BCUT2D eigenvalue weighted by molar-refractivity contribution is 5.70. The number of nitrogens with zero attached hydrogens (tertiary/aromatic N) is 1. The average Bonchev–Trinajstić information content (AvgIpc) is 3.35. The van der Waals surface area contributed by atoms with E-state index >= 15 is 0 Å². The van der Waals surface area contributed by atoms with Crippen LogP contribution in [0.2, 0.25) is 0 Å². The van der Waals surface area contributed by atoms with E-state index in [1.165, 1.54) is 263 Å². The van der Waals surface area contributed by atoms with Crippen molar-refractivity contribution >= 4 is 17.9 Å². The summed E-state index contributed by atoms with van der Waals surface area (Å²) in [5, 5.41) is 11.8. The molecule has 0 amide bonds. The van der Waals surface area contributed by atoms with Crippen molar-refractivity contribution in [1.29, 1.82) is 0 Å². The fourth-order valence-electron chi connectivity index (χ4n) is 9.72. The van der Waals surface area contributed by atoms with E-state index < -0.39 is 24.3 Å². The fourth-order valence-corrected chi connectivity index (χ4v) is 9.72. The summed E-state index contributed by atoms with van der Waals surface area (Å²) in [5.41, 5.74) is 0. The number of carboxylic acid groups (broad SMARTS) is 1. The lowest BCUT2D eigenvalue weighted by atomic mass is 10.0. The Balaban J connectivity index is 4.02. The quantitative estimate of drug-likeness (QED) is 0.0256. The number of hydrogen-bond acceptors (Lipinski definition) is 8. The molecule has 0 saturated heterocycles. The molecule has 0 aromatic carbocycles. The van der Waals surface area contributed by atoms with Crippen LogP contribution < -0.4 is 5.11 Å². The van der Waals surface area contributed by atoms with Crippen LogP contribution in [0.4, 0.5) is 0 Å². The Hall–Kier alpha value is -1.71. The fraction of sp³-hybridized carbons (Fsp3) is 0.952. The van der Waals surface area contributed by atoms with Crippen LogP contribution in [0.5, 0.6) is 0 Å². The molecule has 0 fully saturated rings. The molecular weight excluding hydrogens is 899 g/mol. The van der Waals surface area contributed by atoms with Crippen LogP contribution in [0.15, 0.2) is 0 Å². The molecule has 0 aromatic heterocycles. The molecule has 0 rings (SSSR count). The van der Waals surface area contributed by atoms with Crippen molar-refractivity contribution in [2.45, 2.75) is 341 Å². The zero-order valence-electron chi connectivity index (χ0n) is 48.8. The monoisotopic (exact) mass is 1020 g/mol. The molecule has 2 unspecified atom stereocenters. The number of quaternary nitrogens is 1. The lowest BCUT2D eigenvalue weighted by Gasteiger charge is -2.26. The van der Waals surface area contributed by atoms with Crippen LogP contribution in [0, 0.1) is 0 Å². The van der Waals surface area contributed by atoms with Gasteiger partial charge in [0, 0.05) is 12.8 Å². The van der Waals surface area contributed by atoms with Gasteiger partial charge in [-0.05, 0) is 12.8 Å². The molecule has 0 spiro atoms. The van der Waals surface area contributed by atoms with Crippen molar-refractivity contribution in [1.82, 2.24) is 0 Å². The number of esters is 2. The number of aliphatic carboxylic acids is 1. The summed E-state index contributed by atoms with van der Waals surface area (Å²) in [7, 11) is 5.94. The van der Waals surface area contributed by atoms with Crippen molar-refractivity contribution < 1.29 is 42.9 Å². The molecule has 2 atom stereocenters. The van der Waals surface area contributed by atoms with E-state index in [-0.39, 0.29) is 32.2 Å². The molecule has 0 aromatic rings. The smallest absolute Gasteiger partial charge is 0.306 e. The Kier molecular flexibility index (Phi) is 54.2. The van der Waals surface area contributed by atoms with Gasteiger partial charge < -0.3 is 33.3 Å². The van der Waals surface area contributed by atoms with Gasteiger partial charge in [0.15, 0.2) is 12.4 Å². The number of carboxylic acids is 1. The van der Waals surface area contributed by atoms with Crippen molar-refractivity contribution in [3.63, 3.8) is 0 Å². The van der Waals surface area contributed by atoms with Crippen molar-refractivity contribution in [3.8, 4) is 0 Å². The Morgan fingerprint density at radius 1 is 0.361 bits per heavy atom. The number of carbonyl (C=O) groups excluding carboxylic acids is 3. The van der Waals surface area contributed by atoms with Gasteiger partial charge in [0.1, 0.15) is 13.2 Å². The van der Waals surface area contributed by atoms with Crippen LogP contribution in [0.3, 0.4) is 0 Å².